The molecule has 0 bridgehead atoms. The summed E-state index contributed by atoms with van der Waals surface area (Å²) in [4.78, 5) is 3.85. The van der Waals surface area contributed by atoms with E-state index in [1.807, 2.05) is 0 Å². The second-order valence-corrected chi connectivity index (χ2v) is 16.0. The molecule has 0 amide bonds. The summed E-state index contributed by atoms with van der Waals surface area (Å²) in [5.74, 6) is 0. The molecule has 0 fully saturated rings. The van der Waals surface area contributed by atoms with Gasteiger partial charge in [-0.25, -0.2) is 0 Å². The molecule has 1 aliphatic rings. The second-order valence-electron chi connectivity index (χ2n) is 16.0. The molecule has 59 heavy (non-hydrogen) atoms. The van der Waals surface area contributed by atoms with Crippen molar-refractivity contribution >= 4 is 65.2 Å². The van der Waals surface area contributed by atoms with Gasteiger partial charge in [-0.15, -0.1) is 0 Å². The Bertz CT molecular complexity index is 3610. The fraction of sp³-hybridized carbons (Fsp3) is 0.0175. The number of rotatable bonds is 4. The van der Waals surface area contributed by atoms with Crippen LogP contribution in [0, 0.1) is 0 Å². The summed E-state index contributed by atoms with van der Waals surface area (Å²) in [5.41, 5.74) is 15.8. The van der Waals surface area contributed by atoms with Gasteiger partial charge in [0.05, 0.1) is 22.0 Å². The van der Waals surface area contributed by atoms with Gasteiger partial charge in [-0.05, 0) is 68.1 Å². The minimum atomic E-state index is -0.464. The van der Waals surface area contributed by atoms with E-state index in [-0.39, 0.29) is 0 Å². The highest BCUT2D eigenvalue weighted by atomic mass is 15.0. The van der Waals surface area contributed by atoms with Gasteiger partial charge in [0.1, 0.15) is 0 Å². The van der Waals surface area contributed by atoms with Crippen molar-refractivity contribution in [2.24, 2.45) is 0 Å². The second kappa shape index (κ2) is 12.2. The molecule has 0 unspecified atom stereocenters. The van der Waals surface area contributed by atoms with E-state index in [4.69, 9.17) is 0 Å². The quantitative estimate of drug-likeness (QED) is 0.185. The van der Waals surface area contributed by atoms with E-state index in [2.05, 4.69) is 222 Å². The zero-order chi connectivity index (χ0) is 38.7. The Kier molecular flexibility index (Phi) is 6.68. The number of nitrogens with zero attached hydrogens (tertiary/aromatic N) is 1. The lowest BCUT2D eigenvalue weighted by atomic mass is 9.67. The number of hydrogen-bond acceptors (Lipinski definition) is 0. The van der Waals surface area contributed by atoms with Crippen LogP contribution in [0.3, 0.4) is 0 Å². The van der Waals surface area contributed by atoms with Crippen molar-refractivity contribution in [3.05, 3.63) is 235 Å². The van der Waals surface area contributed by atoms with Gasteiger partial charge in [-0.2, -0.15) is 0 Å². The van der Waals surface area contributed by atoms with Crippen LogP contribution in [0.4, 0.5) is 0 Å². The lowest BCUT2D eigenvalue weighted by Crippen LogP contribution is -2.28. The van der Waals surface area contributed by atoms with E-state index in [0.29, 0.717) is 0 Å². The smallest absolute Gasteiger partial charge is 0.0713 e. The summed E-state index contributed by atoms with van der Waals surface area (Å²) < 4.78 is 2.54. The molecule has 10 aromatic carbocycles. The predicted molar refractivity (Wildman–Crippen MR) is 248 cm³/mol. The van der Waals surface area contributed by atoms with Crippen molar-refractivity contribution in [3.8, 4) is 27.9 Å². The first-order valence-corrected chi connectivity index (χ1v) is 20.5. The Hall–Kier alpha value is -7.68. The average molecular weight is 749 g/mol. The third kappa shape index (κ3) is 4.25. The van der Waals surface area contributed by atoms with Gasteiger partial charge in [-0.1, -0.05) is 194 Å². The molecule has 0 radical (unpaired) electrons. The number of nitrogens with one attached hydrogen (secondary N) is 1. The lowest BCUT2D eigenvalue weighted by molar-refractivity contribution is 0.768. The Morgan fingerprint density at radius 1 is 0.339 bits per heavy atom. The van der Waals surface area contributed by atoms with Crippen LogP contribution >= 0.6 is 0 Å². The van der Waals surface area contributed by atoms with E-state index < -0.39 is 5.41 Å². The summed E-state index contributed by atoms with van der Waals surface area (Å²) in [6.45, 7) is 0. The molecule has 12 aromatic rings. The molecule has 13 rings (SSSR count). The molecule has 0 aliphatic heterocycles. The molecular weight excluding hydrogens is 713 g/mol. The molecule has 274 valence electrons. The van der Waals surface area contributed by atoms with Crippen LogP contribution in [0.15, 0.2) is 212 Å². The molecule has 0 saturated carbocycles. The van der Waals surface area contributed by atoms with Gasteiger partial charge < -0.3 is 9.55 Å². The number of fused-ring (bicyclic) bond motifs is 15. The van der Waals surface area contributed by atoms with Crippen LogP contribution in [0.2, 0.25) is 0 Å². The topological polar surface area (TPSA) is 20.7 Å². The maximum atomic E-state index is 3.85. The molecule has 2 aromatic heterocycles. The number of H-pyrrole nitrogens is 1. The normalized spacial score (nSPS) is 13.2. The molecule has 2 nitrogen and oxygen atoms in total. The fourth-order valence-electron chi connectivity index (χ4n) is 10.9. The van der Waals surface area contributed by atoms with Crippen LogP contribution in [-0.4, -0.2) is 9.55 Å². The Morgan fingerprint density at radius 3 is 1.66 bits per heavy atom. The summed E-state index contributed by atoms with van der Waals surface area (Å²) in [7, 11) is 0. The van der Waals surface area contributed by atoms with Crippen LogP contribution in [-0.2, 0) is 5.41 Å². The largest absolute Gasteiger partial charge is 0.354 e. The monoisotopic (exact) mass is 748 g/mol. The van der Waals surface area contributed by atoms with E-state index in [1.165, 1.54) is 104 Å². The number of aromatic amines is 1. The zero-order valence-electron chi connectivity index (χ0n) is 32.2. The van der Waals surface area contributed by atoms with E-state index >= 15 is 0 Å². The highest BCUT2D eigenvalue weighted by Gasteiger charge is 2.46. The van der Waals surface area contributed by atoms with Gasteiger partial charge in [0, 0.05) is 48.9 Å². The number of aromatic nitrogens is 2. The van der Waals surface area contributed by atoms with Gasteiger partial charge >= 0.3 is 0 Å². The van der Waals surface area contributed by atoms with Crippen LogP contribution in [0.25, 0.3) is 93.1 Å². The minimum Gasteiger partial charge on any atom is -0.354 e. The Morgan fingerprint density at radius 2 is 0.881 bits per heavy atom. The molecule has 1 aliphatic carbocycles. The first-order chi connectivity index (χ1) is 29.3. The fourth-order valence-corrected chi connectivity index (χ4v) is 10.9. The van der Waals surface area contributed by atoms with Crippen molar-refractivity contribution in [2.75, 3.05) is 0 Å². The SMILES string of the molecule is c1ccc(-n2c3c4cccc(-c5cccc6c5-c5ccccc5C6(c5ccccc5)c5ccccc5)c4ccc3c3c4c5ccccc5[nH]c4c4ccccc4c32)cc1. The Balaban J connectivity index is 1.18. The molecule has 0 saturated heterocycles. The predicted octanol–water partition coefficient (Wildman–Crippen LogP) is 14.8. The van der Waals surface area contributed by atoms with Gasteiger partial charge in [-0.3, -0.25) is 0 Å². The summed E-state index contributed by atoms with van der Waals surface area (Å²) in [6.07, 6.45) is 0. The van der Waals surface area contributed by atoms with Crippen LogP contribution in [0.5, 0.6) is 0 Å². The summed E-state index contributed by atoms with van der Waals surface area (Å²) in [5, 5.41) is 10.0. The third-order valence-electron chi connectivity index (χ3n) is 13.2. The maximum Gasteiger partial charge on any atom is 0.0713 e. The highest BCUT2D eigenvalue weighted by molar-refractivity contribution is 6.38. The minimum absolute atomic E-state index is 0.464. The molecular formula is C57H36N2. The third-order valence-corrected chi connectivity index (χ3v) is 13.2. The molecule has 0 atom stereocenters. The standard InChI is InChI=1S/C57H36N2/c1-4-18-36(19-5-1)57(37-20-6-2-7-21-37)48-31-14-12-26-45(48)51-41(29-17-32-49(51)57)39-28-16-30-43-40(39)34-35-47-53-52-46-27-13-15-33-50(46)58-54(52)42-24-10-11-25-44(42)56(53)59(55(43)47)38-22-8-3-9-23-38/h1-35,58H. The van der Waals surface area contributed by atoms with Crippen molar-refractivity contribution in [1.29, 1.82) is 0 Å². The first kappa shape index (κ1) is 32.4. The van der Waals surface area contributed by atoms with Gasteiger partial charge in [0.2, 0.25) is 0 Å². The zero-order valence-corrected chi connectivity index (χ0v) is 32.2. The van der Waals surface area contributed by atoms with Crippen molar-refractivity contribution in [1.82, 2.24) is 9.55 Å². The molecule has 0 spiro atoms. The highest BCUT2D eigenvalue weighted by Crippen LogP contribution is 2.59. The number of hydrogen-bond donors (Lipinski definition) is 1. The van der Waals surface area contributed by atoms with Crippen molar-refractivity contribution < 1.29 is 0 Å². The van der Waals surface area contributed by atoms with Gasteiger partial charge in [0.25, 0.3) is 0 Å². The Labute approximate surface area is 341 Å². The van der Waals surface area contributed by atoms with Crippen LogP contribution < -0.4 is 0 Å². The van der Waals surface area contributed by atoms with Crippen molar-refractivity contribution in [3.63, 3.8) is 0 Å². The van der Waals surface area contributed by atoms with E-state index in [0.717, 1.165) is 11.2 Å². The number of benzene rings is 10. The number of para-hydroxylation sites is 2. The van der Waals surface area contributed by atoms with E-state index in [9.17, 15) is 0 Å². The van der Waals surface area contributed by atoms with E-state index in [1.54, 1.807) is 0 Å². The average Bonchev–Trinajstić information content (AvgIpc) is 3.97. The van der Waals surface area contributed by atoms with Crippen molar-refractivity contribution in [2.45, 2.75) is 5.41 Å². The summed E-state index contributed by atoms with van der Waals surface area (Å²) in [6, 6.07) is 78.6. The molecule has 2 heterocycles. The molecule has 1 N–H and O–H groups in total. The first-order valence-electron chi connectivity index (χ1n) is 20.5. The molecule has 2 heteroatoms. The maximum absolute atomic E-state index is 3.85. The van der Waals surface area contributed by atoms with Crippen LogP contribution in [0.1, 0.15) is 22.3 Å². The summed E-state index contributed by atoms with van der Waals surface area (Å²) >= 11 is 0. The van der Waals surface area contributed by atoms with Gasteiger partial charge in [0.15, 0.2) is 0 Å². The lowest BCUT2D eigenvalue weighted by Gasteiger charge is -2.34.